The highest BCUT2D eigenvalue weighted by atomic mass is 16.4. The van der Waals surface area contributed by atoms with Gasteiger partial charge in [-0.25, -0.2) is 4.79 Å². The van der Waals surface area contributed by atoms with Gasteiger partial charge in [-0.1, -0.05) is 13.0 Å². The molecular formula is C14H19NO3. The fourth-order valence-corrected chi connectivity index (χ4v) is 1.49. The normalized spacial score (nSPS) is 11.1. The number of carbonyl (C=O) groups is 2. The maximum atomic E-state index is 12.3. The van der Waals surface area contributed by atoms with Crippen molar-refractivity contribution in [3.63, 3.8) is 0 Å². The van der Waals surface area contributed by atoms with Gasteiger partial charge in [-0.3, -0.25) is 4.79 Å². The Bertz CT molecular complexity index is 466. The Labute approximate surface area is 107 Å². The number of hydrogen-bond acceptors (Lipinski definition) is 2. The van der Waals surface area contributed by atoms with Crippen molar-refractivity contribution in [2.24, 2.45) is 0 Å². The summed E-state index contributed by atoms with van der Waals surface area (Å²) in [6.07, 6.45) is 0.827. The van der Waals surface area contributed by atoms with Crippen LogP contribution in [0.5, 0.6) is 0 Å². The molecule has 0 atom stereocenters. The molecule has 1 aromatic carbocycles. The summed E-state index contributed by atoms with van der Waals surface area (Å²) in [5, 5.41) is 8.91. The van der Waals surface area contributed by atoms with Crippen molar-refractivity contribution in [1.29, 1.82) is 0 Å². The van der Waals surface area contributed by atoms with E-state index in [-0.39, 0.29) is 17.0 Å². The summed E-state index contributed by atoms with van der Waals surface area (Å²) in [6.45, 7) is 5.97. The van der Waals surface area contributed by atoms with Gasteiger partial charge in [0.1, 0.15) is 0 Å². The van der Waals surface area contributed by atoms with Crippen LogP contribution < -0.4 is 0 Å². The molecule has 0 spiro atoms. The first kappa shape index (κ1) is 14.2. The maximum absolute atomic E-state index is 12.3. The smallest absolute Gasteiger partial charge is 0.335 e. The van der Waals surface area contributed by atoms with E-state index < -0.39 is 5.97 Å². The molecule has 1 aromatic rings. The third-order valence-electron chi connectivity index (χ3n) is 3.43. The van der Waals surface area contributed by atoms with Crippen molar-refractivity contribution in [2.45, 2.75) is 32.7 Å². The summed E-state index contributed by atoms with van der Waals surface area (Å²) in [5.74, 6) is -1.19. The first-order valence-electron chi connectivity index (χ1n) is 5.91. The summed E-state index contributed by atoms with van der Waals surface area (Å²) < 4.78 is 0. The zero-order valence-corrected chi connectivity index (χ0v) is 11.2. The Morgan fingerprint density at radius 3 is 2.33 bits per heavy atom. The highest BCUT2D eigenvalue weighted by Crippen LogP contribution is 2.19. The van der Waals surface area contributed by atoms with E-state index >= 15 is 0 Å². The molecule has 0 saturated heterocycles. The van der Waals surface area contributed by atoms with Gasteiger partial charge in [0.05, 0.1) is 5.56 Å². The van der Waals surface area contributed by atoms with Gasteiger partial charge >= 0.3 is 5.97 Å². The molecule has 98 valence electrons. The minimum atomic E-state index is -1.03. The standard InChI is InChI=1S/C14H19NO3/c1-5-14(2,3)15(4)12(16)10-7-6-8-11(9-10)13(17)18/h6-9H,5H2,1-4H3,(H,17,18). The lowest BCUT2D eigenvalue weighted by Crippen LogP contribution is -2.44. The Hall–Kier alpha value is -1.84. The van der Waals surface area contributed by atoms with Crippen LogP contribution in [0.3, 0.4) is 0 Å². The molecule has 1 N–H and O–H groups in total. The maximum Gasteiger partial charge on any atom is 0.335 e. The second-order valence-corrected chi connectivity index (χ2v) is 4.92. The average molecular weight is 249 g/mol. The highest BCUT2D eigenvalue weighted by Gasteiger charge is 2.26. The summed E-state index contributed by atoms with van der Waals surface area (Å²) in [7, 11) is 1.74. The fourth-order valence-electron chi connectivity index (χ4n) is 1.49. The number of benzene rings is 1. The molecule has 0 aromatic heterocycles. The van der Waals surface area contributed by atoms with Gasteiger partial charge in [-0.05, 0) is 38.5 Å². The lowest BCUT2D eigenvalue weighted by atomic mass is 9.98. The summed E-state index contributed by atoms with van der Waals surface area (Å²) in [4.78, 5) is 24.8. The van der Waals surface area contributed by atoms with Crippen LogP contribution in [-0.2, 0) is 0 Å². The summed E-state index contributed by atoms with van der Waals surface area (Å²) >= 11 is 0. The molecule has 0 bridgehead atoms. The third kappa shape index (κ3) is 2.88. The predicted octanol–water partition coefficient (Wildman–Crippen LogP) is 2.65. The van der Waals surface area contributed by atoms with Crippen molar-refractivity contribution in [2.75, 3.05) is 7.05 Å². The largest absolute Gasteiger partial charge is 0.478 e. The van der Waals surface area contributed by atoms with Crippen LogP contribution in [0, 0.1) is 0 Å². The van der Waals surface area contributed by atoms with Crippen molar-refractivity contribution >= 4 is 11.9 Å². The number of carbonyl (C=O) groups excluding carboxylic acids is 1. The zero-order valence-electron chi connectivity index (χ0n) is 11.2. The van der Waals surface area contributed by atoms with Crippen LogP contribution in [0.2, 0.25) is 0 Å². The van der Waals surface area contributed by atoms with Crippen molar-refractivity contribution in [3.8, 4) is 0 Å². The summed E-state index contributed by atoms with van der Waals surface area (Å²) in [5.41, 5.74) is 0.276. The Morgan fingerprint density at radius 1 is 1.28 bits per heavy atom. The second kappa shape index (κ2) is 5.21. The lowest BCUT2D eigenvalue weighted by Gasteiger charge is -2.35. The van der Waals surface area contributed by atoms with Gasteiger partial charge in [-0.2, -0.15) is 0 Å². The number of amides is 1. The van der Waals surface area contributed by atoms with Crippen LogP contribution in [0.4, 0.5) is 0 Å². The molecule has 1 amide bonds. The number of nitrogens with zero attached hydrogens (tertiary/aromatic N) is 1. The van der Waals surface area contributed by atoms with Gasteiger partial charge in [0.15, 0.2) is 0 Å². The van der Waals surface area contributed by atoms with Crippen LogP contribution in [0.25, 0.3) is 0 Å². The Kier molecular flexibility index (Phi) is 4.11. The molecule has 0 aliphatic rings. The van der Waals surface area contributed by atoms with Crippen LogP contribution in [0.15, 0.2) is 24.3 Å². The van der Waals surface area contributed by atoms with Crippen molar-refractivity contribution in [3.05, 3.63) is 35.4 Å². The van der Waals surface area contributed by atoms with E-state index in [2.05, 4.69) is 0 Å². The van der Waals surface area contributed by atoms with E-state index in [1.54, 1.807) is 24.1 Å². The zero-order chi connectivity index (χ0) is 13.9. The van der Waals surface area contributed by atoms with Gasteiger partial charge in [-0.15, -0.1) is 0 Å². The number of carboxylic acids is 1. The molecule has 0 unspecified atom stereocenters. The molecule has 0 aliphatic carbocycles. The van der Waals surface area contributed by atoms with Gasteiger partial charge in [0.2, 0.25) is 0 Å². The van der Waals surface area contributed by atoms with Gasteiger partial charge < -0.3 is 10.0 Å². The van der Waals surface area contributed by atoms with E-state index in [0.29, 0.717) is 5.56 Å². The van der Waals surface area contributed by atoms with Crippen LogP contribution in [-0.4, -0.2) is 34.5 Å². The topological polar surface area (TPSA) is 57.6 Å². The lowest BCUT2D eigenvalue weighted by molar-refractivity contribution is 0.0620. The molecule has 1 rings (SSSR count). The minimum Gasteiger partial charge on any atom is -0.478 e. The minimum absolute atomic E-state index is 0.128. The first-order chi connectivity index (χ1) is 8.29. The Morgan fingerprint density at radius 2 is 1.83 bits per heavy atom. The number of rotatable bonds is 4. The molecule has 0 aliphatic heterocycles. The summed E-state index contributed by atoms with van der Waals surface area (Å²) in [6, 6.07) is 6.11. The third-order valence-corrected chi connectivity index (χ3v) is 3.43. The number of carboxylic acid groups (broad SMARTS) is 1. The molecule has 0 saturated carbocycles. The van der Waals surface area contributed by atoms with Gasteiger partial charge in [0, 0.05) is 18.2 Å². The van der Waals surface area contributed by atoms with E-state index in [0.717, 1.165) is 6.42 Å². The Balaban J connectivity index is 3.04. The average Bonchev–Trinajstić information content (AvgIpc) is 2.37. The van der Waals surface area contributed by atoms with E-state index in [1.807, 2.05) is 20.8 Å². The van der Waals surface area contributed by atoms with Crippen LogP contribution in [0.1, 0.15) is 47.9 Å². The number of aromatic carboxylic acids is 1. The quantitative estimate of drug-likeness (QED) is 0.892. The molecule has 4 nitrogen and oxygen atoms in total. The highest BCUT2D eigenvalue weighted by molar-refractivity contribution is 5.97. The fraction of sp³-hybridized carbons (Fsp3) is 0.429. The van der Waals surface area contributed by atoms with Crippen LogP contribution >= 0.6 is 0 Å². The molecule has 0 fully saturated rings. The molecule has 4 heteroatoms. The predicted molar refractivity (Wildman–Crippen MR) is 69.9 cm³/mol. The van der Waals surface area contributed by atoms with E-state index in [4.69, 9.17) is 5.11 Å². The van der Waals surface area contributed by atoms with Crippen molar-refractivity contribution < 1.29 is 14.7 Å². The molecule has 0 heterocycles. The first-order valence-corrected chi connectivity index (χ1v) is 5.91. The van der Waals surface area contributed by atoms with E-state index in [9.17, 15) is 9.59 Å². The van der Waals surface area contributed by atoms with E-state index in [1.165, 1.54) is 12.1 Å². The SMILES string of the molecule is CCC(C)(C)N(C)C(=O)c1cccc(C(=O)O)c1. The molecular weight excluding hydrogens is 230 g/mol. The van der Waals surface area contributed by atoms with Gasteiger partial charge in [0.25, 0.3) is 5.91 Å². The second-order valence-electron chi connectivity index (χ2n) is 4.92. The number of hydrogen-bond donors (Lipinski definition) is 1. The molecule has 18 heavy (non-hydrogen) atoms. The van der Waals surface area contributed by atoms with Crippen molar-refractivity contribution in [1.82, 2.24) is 4.90 Å². The monoisotopic (exact) mass is 249 g/mol. The molecule has 0 radical (unpaired) electrons.